The van der Waals surface area contributed by atoms with Crippen LogP contribution in [-0.4, -0.2) is 44.5 Å². The van der Waals surface area contributed by atoms with E-state index in [9.17, 15) is 9.59 Å². The fourth-order valence-corrected chi connectivity index (χ4v) is 4.24. The van der Waals surface area contributed by atoms with Crippen LogP contribution in [0.15, 0.2) is 29.6 Å². The third kappa shape index (κ3) is 3.93. The Balaban J connectivity index is 1.75. The molecule has 0 bridgehead atoms. The topological polar surface area (TPSA) is 59.1 Å². The number of aryl methyl sites for hydroxylation is 1. The number of carbonyl (C=O) groups is 2. The summed E-state index contributed by atoms with van der Waals surface area (Å²) < 4.78 is 10.7. The maximum Gasteiger partial charge on any atom is 0.228 e. The summed E-state index contributed by atoms with van der Waals surface area (Å²) in [6.07, 6.45) is 0.201. The van der Waals surface area contributed by atoms with Gasteiger partial charge in [0.1, 0.15) is 11.5 Å². The second-order valence-electron chi connectivity index (χ2n) is 6.66. The summed E-state index contributed by atoms with van der Waals surface area (Å²) in [5.41, 5.74) is 1.82. The van der Waals surface area contributed by atoms with Crippen LogP contribution in [0.4, 0.5) is 5.69 Å². The van der Waals surface area contributed by atoms with E-state index in [1.54, 1.807) is 60.6 Å². The average Bonchev–Trinajstić information content (AvgIpc) is 3.26. The minimum absolute atomic E-state index is 0.0134. The molecule has 1 fully saturated rings. The molecule has 0 radical (unpaired) electrons. The Hall–Kier alpha value is -2.54. The lowest BCUT2D eigenvalue weighted by Gasteiger charge is -2.22. The van der Waals surface area contributed by atoms with Gasteiger partial charge >= 0.3 is 0 Å². The summed E-state index contributed by atoms with van der Waals surface area (Å²) in [7, 11) is 4.93. The minimum Gasteiger partial charge on any atom is -0.497 e. The summed E-state index contributed by atoms with van der Waals surface area (Å²) in [5, 5.41) is 2.03. The van der Waals surface area contributed by atoms with E-state index in [1.165, 1.54) is 10.4 Å². The number of hydrogen-bond acceptors (Lipinski definition) is 5. The molecule has 3 rings (SSSR count). The second kappa shape index (κ2) is 8.00. The van der Waals surface area contributed by atoms with Gasteiger partial charge < -0.3 is 19.3 Å². The highest BCUT2D eigenvalue weighted by Crippen LogP contribution is 2.36. The summed E-state index contributed by atoms with van der Waals surface area (Å²) in [6.45, 7) is 2.95. The molecule has 2 amide bonds. The van der Waals surface area contributed by atoms with E-state index < -0.39 is 0 Å². The van der Waals surface area contributed by atoms with Crippen LogP contribution in [-0.2, 0) is 16.1 Å². The highest BCUT2D eigenvalue weighted by atomic mass is 32.1. The monoisotopic (exact) mass is 388 g/mol. The number of ether oxygens (including phenoxy) is 2. The first-order valence-corrected chi connectivity index (χ1v) is 9.63. The molecule has 1 atom stereocenters. The maximum atomic E-state index is 12.9. The van der Waals surface area contributed by atoms with Gasteiger partial charge in [-0.25, -0.2) is 0 Å². The van der Waals surface area contributed by atoms with E-state index >= 15 is 0 Å². The molecule has 1 aromatic carbocycles. The first kappa shape index (κ1) is 19.2. The number of amides is 2. The summed E-state index contributed by atoms with van der Waals surface area (Å²) in [6, 6.07) is 7.36. The number of rotatable bonds is 6. The molecule has 1 aliphatic rings. The number of methoxy groups -OCH3 is 2. The van der Waals surface area contributed by atoms with Gasteiger partial charge in [-0.15, -0.1) is 11.3 Å². The quantitative estimate of drug-likeness (QED) is 0.763. The molecule has 6 nitrogen and oxygen atoms in total. The zero-order chi connectivity index (χ0) is 19.6. The Labute approximate surface area is 163 Å². The lowest BCUT2D eigenvalue weighted by molar-refractivity contribution is -0.135. The van der Waals surface area contributed by atoms with Crippen molar-refractivity contribution in [3.05, 3.63) is 40.1 Å². The van der Waals surface area contributed by atoms with E-state index in [-0.39, 0.29) is 24.2 Å². The van der Waals surface area contributed by atoms with Crippen LogP contribution in [0.1, 0.15) is 16.9 Å². The number of anilines is 1. The van der Waals surface area contributed by atoms with Gasteiger partial charge in [-0.05, 0) is 36.1 Å². The zero-order valence-corrected chi connectivity index (χ0v) is 16.8. The van der Waals surface area contributed by atoms with Crippen LogP contribution in [0.3, 0.4) is 0 Å². The molecule has 1 saturated heterocycles. The Kier molecular flexibility index (Phi) is 5.70. The van der Waals surface area contributed by atoms with E-state index in [1.807, 2.05) is 18.4 Å². The third-order valence-corrected chi connectivity index (χ3v) is 5.88. The molecule has 0 saturated carbocycles. The number of hydrogen-bond donors (Lipinski definition) is 0. The highest BCUT2D eigenvalue weighted by molar-refractivity contribution is 7.10. The number of nitrogens with zero attached hydrogens (tertiary/aromatic N) is 2. The van der Waals surface area contributed by atoms with Gasteiger partial charge in [-0.2, -0.15) is 0 Å². The number of thiophene rings is 1. The molecule has 27 heavy (non-hydrogen) atoms. The number of carbonyl (C=O) groups excluding carboxylic acids is 2. The van der Waals surface area contributed by atoms with Crippen LogP contribution >= 0.6 is 11.3 Å². The molecule has 144 valence electrons. The predicted octanol–water partition coefficient (Wildman–Crippen LogP) is 3.09. The molecule has 0 spiro atoms. The van der Waals surface area contributed by atoms with Gasteiger partial charge in [0.15, 0.2) is 0 Å². The lowest BCUT2D eigenvalue weighted by atomic mass is 10.1. The Morgan fingerprint density at radius 1 is 1.30 bits per heavy atom. The molecular formula is C20H24N2O4S. The van der Waals surface area contributed by atoms with Crippen molar-refractivity contribution in [2.45, 2.75) is 19.9 Å². The predicted molar refractivity (Wildman–Crippen MR) is 106 cm³/mol. The Bertz CT molecular complexity index is 848. The molecule has 1 unspecified atom stereocenters. The third-order valence-electron chi connectivity index (χ3n) is 4.88. The van der Waals surface area contributed by atoms with Gasteiger partial charge in [0.25, 0.3) is 0 Å². The second-order valence-corrected chi connectivity index (χ2v) is 7.66. The molecule has 1 aliphatic heterocycles. The fourth-order valence-electron chi connectivity index (χ4n) is 3.28. The van der Waals surface area contributed by atoms with E-state index in [2.05, 4.69) is 0 Å². The van der Waals surface area contributed by atoms with Crippen LogP contribution in [0.2, 0.25) is 0 Å². The van der Waals surface area contributed by atoms with Crippen molar-refractivity contribution in [1.29, 1.82) is 0 Å². The standard InChI is InChI=1S/C20H24N2O4S/c1-13-7-8-27-18(13)12-21(2)20(24)14-9-19(23)22(11-14)16-10-15(25-3)5-6-17(16)26-4/h5-8,10,14H,9,11-12H2,1-4H3. The van der Waals surface area contributed by atoms with Crippen molar-refractivity contribution in [2.75, 3.05) is 32.7 Å². The molecular weight excluding hydrogens is 364 g/mol. The van der Waals surface area contributed by atoms with Crippen molar-refractivity contribution in [3.8, 4) is 11.5 Å². The van der Waals surface area contributed by atoms with Crippen LogP contribution in [0.5, 0.6) is 11.5 Å². The average molecular weight is 388 g/mol. The SMILES string of the molecule is COc1ccc(OC)c(N2CC(C(=O)N(C)Cc3sccc3C)CC2=O)c1. The minimum atomic E-state index is -0.362. The summed E-state index contributed by atoms with van der Waals surface area (Å²) in [4.78, 5) is 30.0. The fraction of sp³-hybridized carbons (Fsp3) is 0.400. The van der Waals surface area contributed by atoms with Gasteiger partial charge in [0.2, 0.25) is 11.8 Å². The first-order valence-electron chi connectivity index (χ1n) is 8.75. The van der Waals surface area contributed by atoms with Crippen molar-refractivity contribution < 1.29 is 19.1 Å². The lowest BCUT2D eigenvalue weighted by Crippen LogP contribution is -2.34. The Morgan fingerprint density at radius 3 is 2.70 bits per heavy atom. The van der Waals surface area contributed by atoms with Crippen molar-refractivity contribution >= 4 is 28.8 Å². The van der Waals surface area contributed by atoms with Crippen LogP contribution in [0, 0.1) is 12.8 Å². The molecule has 7 heteroatoms. The van der Waals surface area contributed by atoms with E-state index in [0.29, 0.717) is 30.3 Å². The van der Waals surface area contributed by atoms with Crippen LogP contribution in [0.25, 0.3) is 0 Å². The van der Waals surface area contributed by atoms with Crippen molar-refractivity contribution in [2.24, 2.45) is 5.92 Å². The van der Waals surface area contributed by atoms with E-state index in [0.717, 1.165) is 0 Å². The molecule has 1 aromatic heterocycles. The number of benzene rings is 1. The first-order chi connectivity index (χ1) is 12.9. The largest absolute Gasteiger partial charge is 0.497 e. The normalized spacial score (nSPS) is 16.5. The summed E-state index contributed by atoms with van der Waals surface area (Å²) in [5.74, 6) is 0.762. The molecule has 2 aromatic rings. The van der Waals surface area contributed by atoms with Gasteiger partial charge in [0, 0.05) is 31.0 Å². The van der Waals surface area contributed by atoms with Gasteiger partial charge in [-0.1, -0.05) is 0 Å². The molecule has 0 N–H and O–H groups in total. The van der Waals surface area contributed by atoms with Gasteiger partial charge in [-0.3, -0.25) is 9.59 Å². The molecule has 0 aliphatic carbocycles. The zero-order valence-electron chi connectivity index (χ0n) is 16.0. The van der Waals surface area contributed by atoms with E-state index in [4.69, 9.17) is 9.47 Å². The summed E-state index contributed by atoms with van der Waals surface area (Å²) >= 11 is 1.64. The van der Waals surface area contributed by atoms with Crippen molar-refractivity contribution in [3.63, 3.8) is 0 Å². The Morgan fingerprint density at radius 2 is 2.07 bits per heavy atom. The van der Waals surface area contributed by atoms with Gasteiger partial charge in [0.05, 0.1) is 32.4 Å². The smallest absolute Gasteiger partial charge is 0.228 e. The highest BCUT2D eigenvalue weighted by Gasteiger charge is 2.37. The van der Waals surface area contributed by atoms with Crippen LogP contribution < -0.4 is 14.4 Å². The van der Waals surface area contributed by atoms with Crippen molar-refractivity contribution in [1.82, 2.24) is 4.90 Å². The molecule has 2 heterocycles. The maximum absolute atomic E-state index is 12.9.